The molecule has 0 saturated carbocycles. The van der Waals surface area contributed by atoms with Crippen molar-refractivity contribution in [2.75, 3.05) is 13.7 Å². The second-order valence-electron chi connectivity index (χ2n) is 7.97. The van der Waals surface area contributed by atoms with Gasteiger partial charge in [-0.2, -0.15) is 0 Å². The molecule has 0 unspecified atom stereocenters. The van der Waals surface area contributed by atoms with E-state index in [1.807, 2.05) is 24.3 Å². The normalized spacial score (nSPS) is 13.4. The molecule has 0 radical (unpaired) electrons. The first-order valence-corrected chi connectivity index (χ1v) is 10.8. The lowest BCUT2D eigenvalue weighted by molar-refractivity contribution is -0.142. The Labute approximate surface area is 178 Å². The first-order valence-electron chi connectivity index (χ1n) is 10.8. The van der Waals surface area contributed by atoms with Gasteiger partial charge in [-0.3, -0.25) is 4.90 Å². The molecule has 160 valence electrons. The summed E-state index contributed by atoms with van der Waals surface area (Å²) in [4.78, 5) is 25.6. The molecule has 1 atom stereocenters. The van der Waals surface area contributed by atoms with Crippen molar-refractivity contribution in [3.05, 3.63) is 59.7 Å². The molecule has 3 rings (SSSR count). The van der Waals surface area contributed by atoms with Gasteiger partial charge in [0.1, 0.15) is 12.6 Å². The average Bonchev–Trinajstić information content (AvgIpc) is 3.07. The zero-order valence-electron chi connectivity index (χ0n) is 17.8. The number of fused-ring (bicyclic) bond motifs is 3. The van der Waals surface area contributed by atoms with Crippen LogP contribution in [0.1, 0.15) is 62.5 Å². The highest BCUT2D eigenvalue weighted by Crippen LogP contribution is 2.44. The van der Waals surface area contributed by atoms with Crippen LogP contribution < -0.4 is 0 Å². The molecule has 0 spiro atoms. The van der Waals surface area contributed by atoms with E-state index in [1.165, 1.54) is 11.9 Å². The summed E-state index contributed by atoms with van der Waals surface area (Å²) in [5.74, 6) is -1.02. The maximum Gasteiger partial charge on any atom is 0.410 e. The van der Waals surface area contributed by atoms with Crippen molar-refractivity contribution < 1.29 is 19.4 Å². The summed E-state index contributed by atoms with van der Waals surface area (Å²) in [5, 5.41) is 9.59. The number of carbonyl (C=O) groups excluding carboxylic acids is 1. The molecular formula is C25H31NO4. The Bertz CT molecular complexity index is 833. The lowest BCUT2D eigenvalue weighted by Crippen LogP contribution is -2.43. The Morgan fingerprint density at radius 2 is 1.53 bits per heavy atom. The number of unbranched alkanes of at least 4 members (excludes halogenated alkanes) is 4. The third-order valence-corrected chi connectivity index (χ3v) is 5.96. The van der Waals surface area contributed by atoms with Crippen molar-refractivity contribution in [3.63, 3.8) is 0 Å². The van der Waals surface area contributed by atoms with Crippen LogP contribution >= 0.6 is 0 Å². The van der Waals surface area contributed by atoms with E-state index < -0.39 is 18.1 Å². The largest absolute Gasteiger partial charge is 0.480 e. The van der Waals surface area contributed by atoms with Gasteiger partial charge in [-0.05, 0) is 28.7 Å². The monoisotopic (exact) mass is 409 g/mol. The lowest BCUT2D eigenvalue weighted by atomic mass is 9.98. The Hall–Kier alpha value is -2.82. The Morgan fingerprint density at radius 1 is 0.967 bits per heavy atom. The minimum Gasteiger partial charge on any atom is -0.480 e. The van der Waals surface area contributed by atoms with Gasteiger partial charge >= 0.3 is 12.1 Å². The molecule has 0 fully saturated rings. The van der Waals surface area contributed by atoms with Crippen molar-refractivity contribution in [2.45, 2.75) is 57.4 Å². The highest BCUT2D eigenvalue weighted by Gasteiger charge is 2.31. The quantitative estimate of drug-likeness (QED) is 0.513. The van der Waals surface area contributed by atoms with Crippen LogP contribution in [0.5, 0.6) is 0 Å². The van der Waals surface area contributed by atoms with E-state index in [-0.39, 0.29) is 12.5 Å². The van der Waals surface area contributed by atoms with Crippen LogP contribution in [-0.4, -0.2) is 41.8 Å². The van der Waals surface area contributed by atoms with E-state index in [1.54, 1.807) is 0 Å². The van der Waals surface area contributed by atoms with E-state index in [2.05, 4.69) is 31.2 Å². The van der Waals surface area contributed by atoms with E-state index in [9.17, 15) is 14.7 Å². The van der Waals surface area contributed by atoms with Crippen LogP contribution in [0, 0.1) is 0 Å². The van der Waals surface area contributed by atoms with Crippen LogP contribution in [0.3, 0.4) is 0 Å². The number of rotatable bonds is 10. The first-order chi connectivity index (χ1) is 14.5. The number of benzene rings is 2. The molecule has 0 aromatic heterocycles. The van der Waals surface area contributed by atoms with Gasteiger partial charge in [0.25, 0.3) is 0 Å². The molecule has 5 nitrogen and oxygen atoms in total. The number of carboxylic acid groups (broad SMARTS) is 1. The number of hydrogen-bond acceptors (Lipinski definition) is 3. The Kier molecular flexibility index (Phi) is 7.50. The summed E-state index contributed by atoms with van der Waals surface area (Å²) in [5.41, 5.74) is 4.61. The molecule has 0 saturated heterocycles. The van der Waals surface area contributed by atoms with Crippen molar-refractivity contribution in [3.8, 4) is 11.1 Å². The van der Waals surface area contributed by atoms with Crippen LogP contribution in [-0.2, 0) is 9.53 Å². The third-order valence-electron chi connectivity index (χ3n) is 5.96. The van der Waals surface area contributed by atoms with Crippen LogP contribution in [0.4, 0.5) is 4.79 Å². The summed E-state index contributed by atoms with van der Waals surface area (Å²) in [6.45, 7) is 2.34. The minimum atomic E-state index is -0.985. The highest BCUT2D eigenvalue weighted by atomic mass is 16.6. The zero-order chi connectivity index (χ0) is 21.5. The fraction of sp³-hybridized carbons (Fsp3) is 0.440. The molecule has 0 bridgehead atoms. The molecule has 1 aliphatic carbocycles. The minimum absolute atomic E-state index is 0.0351. The molecule has 0 aliphatic heterocycles. The smallest absolute Gasteiger partial charge is 0.410 e. The zero-order valence-corrected chi connectivity index (χ0v) is 17.8. The average molecular weight is 410 g/mol. The van der Waals surface area contributed by atoms with Gasteiger partial charge in [-0.1, -0.05) is 87.6 Å². The highest BCUT2D eigenvalue weighted by molar-refractivity contribution is 5.81. The molecule has 1 aliphatic rings. The second kappa shape index (κ2) is 10.3. The SMILES string of the molecule is CCCCCCC[C@@H](C(=O)O)N(C)C(=O)OCC1c2ccccc2-c2ccccc21. The molecule has 2 aromatic carbocycles. The van der Waals surface area contributed by atoms with E-state index in [0.29, 0.717) is 6.42 Å². The van der Waals surface area contributed by atoms with E-state index in [4.69, 9.17) is 4.74 Å². The van der Waals surface area contributed by atoms with Crippen molar-refractivity contribution in [2.24, 2.45) is 0 Å². The topological polar surface area (TPSA) is 66.8 Å². The van der Waals surface area contributed by atoms with Gasteiger partial charge in [0.2, 0.25) is 0 Å². The first kappa shape index (κ1) is 21.9. The molecular weight excluding hydrogens is 378 g/mol. The lowest BCUT2D eigenvalue weighted by Gasteiger charge is -2.25. The summed E-state index contributed by atoms with van der Waals surface area (Å²) in [7, 11) is 1.52. The van der Waals surface area contributed by atoms with Crippen molar-refractivity contribution in [1.29, 1.82) is 0 Å². The second-order valence-corrected chi connectivity index (χ2v) is 7.97. The molecule has 0 heterocycles. The van der Waals surface area contributed by atoms with E-state index in [0.717, 1.165) is 54.4 Å². The van der Waals surface area contributed by atoms with Gasteiger partial charge in [-0.15, -0.1) is 0 Å². The summed E-state index contributed by atoms with van der Waals surface area (Å²) < 4.78 is 5.60. The Morgan fingerprint density at radius 3 is 2.10 bits per heavy atom. The molecule has 30 heavy (non-hydrogen) atoms. The summed E-state index contributed by atoms with van der Waals surface area (Å²) in [6, 6.07) is 15.4. The number of hydrogen-bond donors (Lipinski definition) is 1. The molecule has 1 N–H and O–H groups in total. The number of amides is 1. The number of carbonyl (C=O) groups is 2. The van der Waals surface area contributed by atoms with Gasteiger partial charge < -0.3 is 9.84 Å². The number of ether oxygens (including phenoxy) is 1. The Balaban J connectivity index is 1.62. The maximum absolute atomic E-state index is 12.6. The molecule has 2 aromatic rings. The summed E-state index contributed by atoms with van der Waals surface area (Å²) in [6.07, 6.45) is 5.02. The van der Waals surface area contributed by atoms with Crippen molar-refractivity contribution in [1.82, 2.24) is 4.90 Å². The number of aliphatic carboxylic acids is 1. The summed E-state index contributed by atoms with van der Waals surface area (Å²) >= 11 is 0. The van der Waals surface area contributed by atoms with Crippen LogP contribution in [0.25, 0.3) is 11.1 Å². The molecule has 5 heteroatoms. The maximum atomic E-state index is 12.6. The predicted octanol–water partition coefficient (Wildman–Crippen LogP) is 5.68. The number of nitrogens with zero attached hydrogens (tertiary/aromatic N) is 1. The molecule has 1 amide bonds. The standard InChI is InChI=1S/C25H31NO4/c1-3-4-5-6-7-16-23(24(27)28)26(2)25(29)30-17-22-20-14-10-8-12-18(20)19-13-9-11-15-21(19)22/h8-15,22-23H,3-7,16-17H2,1-2H3,(H,27,28)/t23-/m0/s1. The van der Waals surface area contributed by atoms with Gasteiger partial charge in [0.05, 0.1) is 0 Å². The fourth-order valence-electron chi connectivity index (χ4n) is 4.25. The third kappa shape index (κ3) is 4.84. The van der Waals surface area contributed by atoms with Crippen molar-refractivity contribution >= 4 is 12.1 Å². The van der Waals surface area contributed by atoms with E-state index >= 15 is 0 Å². The van der Waals surface area contributed by atoms with Gasteiger partial charge in [-0.25, -0.2) is 9.59 Å². The van der Waals surface area contributed by atoms with Gasteiger partial charge in [0.15, 0.2) is 0 Å². The predicted molar refractivity (Wildman–Crippen MR) is 118 cm³/mol. The van der Waals surface area contributed by atoms with Crippen LogP contribution in [0.15, 0.2) is 48.5 Å². The number of likely N-dealkylation sites (N-methyl/N-ethyl adjacent to an activating group) is 1. The number of carboxylic acids is 1. The van der Waals surface area contributed by atoms with Gasteiger partial charge in [0, 0.05) is 13.0 Å². The fourth-order valence-corrected chi connectivity index (χ4v) is 4.25. The van der Waals surface area contributed by atoms with Crippen LogP contribution in [0.2, 0.25) is 0 Å².